The van der Waals surface area contributed by atoms with Gasteiger partial charge >= 0.3 is 0 Å². The second kappa shape index (κ2) is 7.11. The molecule has 0 atom stereocenters. The molecule has 0 spiro atoms. The third-order valence-corrected chi connectivity index (χ3v) is 3.48. The number of non-ortho nitro benzene ring substituents is 1. The third kappa shape index (κ3) is 3.60. The average molecular weight is 373 g/mol. The van der Waals surface area contributed by atoms with Gasteiger partial charge in [0.25, 0.3) is 5.69 Å². The summed E-state index contributed by atoms with van der Waals surface area (Å²) in [5.74, 6) is -0.162. The fourth-order valence-corrected chi connectivity index (χ4v) is 2.40. The van der Waals surface area contributed by atoms with Crippen molar-refractivity contribution in [1.29, 1.82) is 0 Å². The Morgan fingerprint density at radius 3 is 2.57 bits per heavy atom. The van der Waals surface area contributed by atoms with Crippen molar-refractivity contribution in [2.75, 3.05) is 0 Å². The lowest BCUT2D eigenvalue weighted by Gasteiger charge is -2.01. The minimum atomic E-state index is -0.498. The number of halogens is 1. The Labute approximate surface area is 143 Å². The maximum absolute atomic E-state index is 12.4. The molecule has 3 rings (SSSR count). The van der Waals surface area contributed by atoms with Crippen molar-refractivity contribution in [3.63, 3.8) is 0 Å². The number of aromatic nitrogens is 1. The standard InChI is InChI=1S/C17H13N2O3.BrH/c20-17(14-6-3-8-15(11-14)19(21)22)12-18-10-4-7-13-5-1-2-9-16(13)18;/h1-11H,12H2;1H/q+1;/p-1. The van der Waals surface area contributed by atoms with E-state index in [0.717, 1.165) is 10.9 Å². The number of Topliss-reactive ketones (excluding diaryl/α,β-unsaturated/α-hetero) is 1. The molecule has 3 aromatic rings. The zero-order valence-electron chi connectivity index (χ0n) is 12.1. The number of benzene rings is 2. The summed E-state index contributed by atoms with van der Waals surface area (Å²) in [5, 5.41) is 11.8. The van der Waals surface area contributed by atoms with Crippen molar-refractivity contribution >= 4 is 22.4 Å². The van der Waals surface area contributed by atoms with E-state index in [4.69, 9.17) is 0 Å². The van der Waals surface area contributed by atoms with E-state index in [2.05, 4.69) is 0 Å². The molecule has 1 heterocycles. The van der Waals surface area contributed by atoms with Crippen LogP contribution in [0.3, 0.4) is 0 Å². The van der Waals surface area contributed by atoms with Gasteiger partial charge in [0.15, 0.2) is 6.20 Å². The number of nitro groups is 1. The lowest BCUT2D eigenvalue weighted by molar-refractivity contribution is -0.657. The lowest BCUT2D eigenvalue weighted by atomic mass is 10.1. The smallest absolute Gasteiger partial charge is 0.270 e. The van der Waals surface area contributed by atoms with Crippen molar-refractivity contribution in [2.24, 2.45) is 0 Å². The zero-order chi connectivity index (χ0) is 15.5. The average Bonchev–Trinajstić information content (AvgIpc) is 2.55. The Bertz CT molecular complexity index is 875. The molecule has 0 radical (unpaired) electrons. The molecule has 1 aromatic heterocycles. The maximum atomic E-state index is 12.4. The highest BCUT2D eigenvalue weighted by Crippen LogP contribution is 2.14. The fraction of sp³-hybridized carbons (Fsp3) is 0.0588. The van der Waals surface area contributed by atoms with Crippen LogP contribution in [0.25, 0.3) is 10.9 Å². The van der Waals surface area contributed by atoms with E-state index in [1.165, 1.54) is 18.2 Å². The van der Waals surface area contributed by atoms with Gasteiger partial charge in [-0.3, -0.25) is 14.9 Å². The van der Waals surface area contributed by atoms with Crippen LogP contribution in [0, 0.1) is 10.1 Å². The summed E-state index contributed by atoms with van der Waals surface area (Å²) in [6.45, 7) is 0.141. The Kier molecular flexibility index (Phi) is 5.18. The molecule has 0 aliphatic rings. The monoisotopic (exact) mass is 372 g/mol. The number of ketones is 1. The van der Waals surface area contributed by atoms with Gasteiger partial charge in [0.05, 0.1) is 4.92 Å². The number of nitro benzene ring substituents is 1. The molecule has 0 bridgehead atoms. The van der Waals surface area contributed by atoms with Gasteiger partial charge in [0, 0.05) is 35.2 Å². The van der Waals surface area contributed by atoms with Crippen LogP contribution in [0.1, 0.15) is 10.4 Å². The van der Waals surface area contributed by atoms with Crippen LogP contribution >= 0.6 is 0 Å². The predicted molar refractivity (Wildman–Crippen MR) is 81.6 cm³/mol. The van der Waals surface area contributed by atoms with Crippen molar-refractivity contribution in [3.05, 3.63) is 82.5 Å². The summed E-state index contributed by atoms with van der Waals surface area (Å²) in [5.41, 5.74) is 1.21. The van der Waals surface area contributed by atoms with Gasteiger partial charge in [-0.1, -0.05) is 24.3 Å². The molecule has 0 aliphatic heterocycles. The fourth-order valence-electron chi connectivity index (χ4n) is 2.40. The second-order valence-electron chi connectivity index (χ2n) is 4.93. The summed E-state index contributed by atoms with van der Waals surface area (Å²) >= 11 is 0. The largest absolute Gasteiger partial charge is 1.00 e. The third-order valence-electron chi connectivity index (χ3n) is 3.48. The lowest BCUT2D eigenvalue weighted by Crippen LogP contribution is -3.00. The normalized spacial score (nSPS) is 10.1. The molecule has 0 saturated carbocycles. The van der Waals surface area contributed by atoms with Gasteiger partial charge in [-0.25, -0.2) is 0 Å². The minimum absolute atomic E-state index is 0. The second-order valence-corrected chi connectivity index (χ2v) is 4.93. The summed E-state index contributed by atoms with van der Waals surface area (Å²) < 4.78 is 1.84. The first-order chi connectivity index (χ1) is 10.6. The highest BCUT2D eigenvalue weighted by molar-refractivity contribution is 5.95. The molecular weight excluding hydrogens is 360 g/mol. The predicted octanol–water partition coefficient (Wildman–Crippen LogP) is -0.0776. The van der Waals surface area contributed by atoms with Crippen LogP contribution in [-0.4, -0.2) is 10.7 Å². The van der Waals surface area contributed by atoms with Crippen molar-refractivity contribution < 1.29 is 31.3 Å². The molecule has 0 saturated heterocycles. The maximum Gasteiger partial charge on any atom is 0.270 e. The number of hydrogen-bond donors (Lipinski definition) is 0. The van der Waals surface area contributed by atoms with Crippen LogP contribution in [0.5, 0.6) is 0 Å². The molecule has 0 N–H and O–H groups in total. The van der Waals surface area contributed by atoms with Crippen molar-refractivity contribution in [2.45, 2.75) is 6.54 Å². The summed E-state index contributed by atoms with van der Waals surface area (Å²) in [6.07, 6.45) is 1.83. The summed E-state index contributed by atoms with van der Waals surface area (Å²) in [6, 6.07) is 17.4. The zero-order valence-corrected chi connectivity index (χ0v) is 13.6. The van der Waals surface area contributed by atoms with E-state index >= 15 is 0 Å². The molecule has 0 amide bonds. The highest BCUT2D eigenvalue weighted by Gasteiger charge is 2.17. The molecule has 23 heavy (non-hydrogen) atoms. The Morgan fingerprint density at radius 2 is 1.78 bits per heavy atom. The van der Waals surface area contributed by atoms with Gasteiger partial charge in [-0.15, -0.1) is 0 Å². The van der Waals surface area contributed by atoms with Crippen LogP contribution in [-0.2, 0) is 6.54 Å². The molecule has 0 unspecified atom stereocenters. The molecule has 0 fully saturated rings. The Balaban J connectivity index is 0.00000192. The number of nitrogens with zero attached hydrogens (tertiary/aromatic N) is 2. The molecule has 6 heteroatoms. The SMILES string of the molecule is O=C(C[n+]1cccc2ccccc21)c1cccc([N+](=O)[O-])c1.[Br-]. The molecule has 116 valence electrons. The number of para-hydroxylation sites is 1. The first-order valence-corrected chi connectivity index (χ1v) is 6.80. The minimum Gasteiger partial charge on any atom is -1.00 e. The number of carbonyl (C=O) groups excluding carboxylic acids is 1. The Morgan fingerprint density at radius 1 is 1.04 bits per heavy atom. The topological polar surface area (TPSA) is 64.1 Å². The summed E-state index contributed by atoms with van der Waals surface area (Å²) in [4.78, 5) is 22.7. The van der Waals surface area contributed by atoms with E-state index < -0.39 is 4.92 Å². The molecule has 0 aliphatic carbocycles. The van der Waals surface area contributed by atoms with Gasteiger partial charge in [0.1, 0.15) is 0 Å². The van der Waals surface area contributed by atoms with E-state index in [0.29, 0.717) is 5.56 Å². The molecular formula is C17H13BrN2O3. The number of rotatable bonds is 4. The van der Waals surface area contributed by atoms with Crippen LogP contribution in [0.4, 0.5) is 5.69 Å². The Hall–Kier alpha value is -2.60. The first kappa shape index (κ1) is 16.8. The van der Waals surface area contributed by atoms with Crippen molar-refractivity contribution in [3.8, 4) is 0 Å². The number of hydrogen-bond acceptors (Lipinski definition) is 3. The van der Waals surface area contributed by atoms with E-state index in [1.807, 2.05) is 47.2 Å². The number of pyridine rings is 1. The first-order valence-electron chi connectivity index (χ1n) is 6.80. The van der Waals surface area contributed by atoms with Crippen LogP contribution < -0.4 is 21.5 Å². The van der Waals surface area contributed by atoms with Crippen LogP contribution in [0.15, 0.2) is 66.9 Å². The quantitative estimate of drug-likeness (QED) is 0.278. The molecule has 2 aromatic carbocycles. The molecule has 5 nitrogen and oxygen atoms in total. The van der Waals surface area contributed by atoms with E-state index in [1.54, 1.807) is 6.07 Å². The van der Waals surface area contributed by atoms with Gasteiger partial charge in [-0.2, -0.15) is 4.57 Å². The summed E-state index contributed by atoms with van der Waals surface area (Å²) in [7, 11) is 0. The highest BCUT2D eigenvalue weighted by atomic mass is 79.9. The van der Waals surface area contributed by atoms with Gasteiger partial charge in [0.2, 0.25) is 17.8 Å². The van der Waals surface area contributed by atoms with E-state index in [-0.39, 0.29) is 35.0 Å². The van der Waals surface area contributed by atoms with Gasteiger partial charge in [-0.05, 0) is 12.1 Å². The van der Waals surface area contributed by atoms with Gasteiger partial charge < -0.3 is 17.0 Å². The number of fused-ring (bicyclic) bond motifs is 1. The van der Waals surface area contributed by atoms with Crippen LogP contribution in [0.2, 0.25) is 0 Å². The van der Waals surface area contributed by atoms with Crippen molar-refractivity contribution in [1.82, 2.24) is 0 Å². The number of carbonyl (C=O) groups is 1. The van der Waals surface area contributed by atoms with E-state index in [9.17, 15) is 14.9 Å².